The molecule has 0 aliphatic rings. The molecule has 0 fully saturated rings. The van der Waals surface area contributed by atoms with Gasteiger partial charge >= 0.3 is 11.9 Å². The van der Waals surface area contributed by atoms with E-state index in [9.17, 15) is 9.59 Å². The molecular formula is C12H9NO5. The zero-order valence-electron chi connectivity index (χ0n) is 9.38. The van der Waals surface area contributed by atoms with E-state index in [2.05, 4.69) is 4.98 Å². The average molecular weight is 247 g/mol. The highest BCUT2D eigenvalue weighted by Crippen LogP contribution is 2.26. The van der Waals surface area contributed by atoms with Crippen molar-refractivity contribution in [2.24, 2.45) is 0 Å². The first-order valence-electron chi connectivity index (χ1n) is 4.99. The molecule has 0 spiro atoms. The summed E-state index contributed by atoms with van der Waals surface area (Å²) in [6.07, 6.45) is 0. The van der Waals surface area contributed by atoms with Gasteiger partial charge in [0.2, 0.25) is 0 Å². The Labute approximate surface area is 101 Å². The summed E-state index contributed by atoms with van der Waals surface area (Å²) in [5, 5.41) is 18.4. The summed E-state index contributed by atoms with van der Waals surface area (Å²) in [6, 6.07) is 6.15. The molecule has 0 atom stereocenters. The highest BCUT2D eigenvalue weighted by Gasteiger charge is 2.19. The van der Waals surface area contributed by atoms with E-state index in [4.69, 9.17) is 14.9 Å². The number of pyridine rings is 1. The van der Waals surface area contributed by atoms with Crippen molar-refractivity contribution >= 4 is 22.8 Å². The van der Waals surface area contributed by atoms with Gasteiger partial charge in [-0.1, -0.05) is 6.07 Å². The Morgan fingerprint density at radius 1 is 1.22 bits per heavy atom. The number of fused-ring (bicyclic) bond motifs is 1. The maximum absolute atomic E-state index is 11.0. The van der Waals surface area contributed by atoms with E-state index in [1.54, 1.807) is 18.2 Å². The summed E-state index contributed by atoms with van der Waals surface area (Å²) in [4.78, 5) is 25.8. The van der Waals surface area contributed by atoms with Gasteiger partial charge in [0.05, 0.1) is 18.2 Å². The van der Waals surface area contributed by atoms with Crippen LogP contribution in [0.1, 0.15) is 20.8 Å². The Morgan fingerprint density at radius 3 is 2.50 bits per heavy atom. The number of carbonyl (C=O) groups is 2. The van der Waals surface area contributed by atoms with Crippen LogP contribution in [0.4, 0.5) is 0 Å². The van der Waals surface area contributed by atoms with Crippen molar-refractivity contribution < 1.29 is 24.5 Å². The number of aromatic carboxylic acids is 2. The molecule has 0 bridgehead atoms. The van der Waals surface area contributed by atoms with Crippen molar-refractivity contribution in [2.75, 3.05) is 7.11 Å². The summed E-state index contributed by atoms with van der Waals surface area (Å²) in [5.74, 6) is -2.27. The van der Waals surface area contributed by atoms with Crippen LogP contribution in [0.5, 0.6) is 5.75 Å². The van der Waals surface area contributed by atoms with Crippen LogP contribution in [0.25, 0.3) is 10.9 Å². The quantitative estimate of drug-likeness (QED) is 0.855. The first-order valence-corrected chi connectivity index (χ1v) is 4.99. The number of rotatable bonds is 3. The van der Waals surface area contributed by atoms with Crippen molar-refractivity contribution in [2.45, 2.75) is 0 Å². The van der Waals surface area contributed by atoms with Crippen LogP contribution in [0.15, 0.2) is 24.3 Å². The summed E-state index contributed by atoms with van der Waals surface area (Å²) < 4.78 is 5.08. The third-order valence-electron chi connectivity index (χ3n) is 2.47. The van der Waals surface area contributed by atoms with Gasteiger partial charge < -0.3 is 14.9 Å². The summed E-state index contributed by atoms with van der Waals surface area (Å²) in [6.45, 7) is 0. The largest absolute Gasteiger partial charge is 0.496 e. The molecule has 2 rings (SSSR count). The molecule has 0 amide bonds. The number of ether oxygens (including phenoxy) is 1. The van der Waals surface area contributed by atoms with Gasteiger partial charge in [0, 0.05) is 5.39 Å². The number of nitrogens with zero attached hydrogens (tertiary/aromatic N) is 1. The van der Waals surface area contributed by atoms with E-state index in [0.717, 1.165) is 0 Å². The van der Waals surface area contributed by atoms with E-state index in [1.807, 2.05) is 0 Å². The third-order valence-corrected chi connectivity index (χ3v) is 2.47. The summed E-state index contributed by atoms with van der Waals surface area (Å²) in [5.41, 5.74) is -0.473. The average Bonchev–Trinajstić information content (AvgIpc) is 2.36. The van der Waals surface area contributed by atoms with E-state index in [1.165, 1.54) is 13.2 Å². The second-order valence-corrected chi connectivity index (χ2v) is 3.52. The van der Waals surface area contributed by atoms with E-state index < -0.39 is 17.6 Å². The minimum Gasteiger partial charge on any atom is -0.496 e. The van der Waals surface area contributed by atoms with E-state index >= 15 is 0 Å². The lowest BCUT2D eigenvalue weighted by molar-refractivity contribution is 0.0647. The fourth-order valence-corrected chi connectivity index (χ4v) is 1.67. The number of hydrogen-bond acceptors (Lipinski definition) is 4. The normalized spacial score (nSPS) is 10.3. The molecule has 1 aromatic heterocycles. The molecule has 0 saturated heterocycles. The Balaban J connectivity index is 2.84. The van der Waals surface area contributed by atoms with E-state index in [-0.39, 0.29) is 5.56 Å². The topological polar surface area (TPSA) is 96.7 Å². The number of methoxy groups -OCH3 is 1. The number of carboxylic acid groups (broad SMARTS) is 2. The lowest BCUT2D eigenvalue weighted by Gasteiger charge is -2.07. The molecule has 0 aliphatic carbocycles. The fraction of sp³-hybridized carbons (Fsp3) is 0.0833. The van der Waals surface area contributed by atoms with Crippen molar-refractivity contribution in [3.05, 3.63) is 35.5 Å². The van der Waals surface area contributed by atoms with E-state index in [0.29, 0.717) is 16.7 Å². The van der Waals surface area contributed by atoms with Gasteiger partial charge in [-0.15, -0.1) is 0 Å². The first-order chi connectivity index (χ1) is 8.54. The van der Waals surface area contributed by atoms with Crippen LogP contribution in [0.3, 0.4) is 0 Å². The Morgan fingerprint density at radius 2 is 1.94 bits per heavy atom. The molecule has 92 valence electrons. The molecule has 0 unspecified atom stereocenters. The summed E-state index contributed by atoms with van der Waals surface area (Å²) >= 11 is 0. The van der Waals surface area contributed by atoms with Gasteiger partial charge in [-0.05, 0) is 18.2 Å². The van der Waals surface area contributed by atoms with Crippen LogP contribution in [-0.4, -0.2) is 34.2 Å². The SMILES string of the molecule is COc1cccc2nc(C(=O)O)c(C(=O)O)cc12. The molecule has 6 nitrogen and oxygen atoms in total. The Kier molecular flexibility index (Phi) is 2.85. The van der Waals surface area contributed by atoms with Crippen molar-refractivity contribution in [3.63, 3.8) is 0 Å². The Bertz CT molecular complexity index is 650. The maximum Gasteiger partial charge on any atom is 0.355 e. The molecule has 0 saturated carbocycles. The van der Waals surface area contributed by atoms with Crippen LogP contribution in [0.2, 0.25) is 0 Å². The lowest BCUT2D eigenvalue weighted by Crippen LogP contribution is -2.10. The molecule has 1 aromatic carbocycles. The lowest BCUT2D eigenvalue weighted by atomic mass is 10.1. The molecule has 18 heavy (non-hydrogen) atoms. The third kappa shape index (κ3) is 1.84. The van der Waals surface area contributed by atoms with Crippen LogP contribution in [0, 0.1) is 0 Å². The molecule has 6 heteroatoms. The van der Waals surface area contributed by atoms with Gasteiger partial charge in [-0.25, -0.2) is 14.6 Å². The smallest absolute Gasteiger partial charge is 0.355 e. The van der Waals surface area contributed by atoms with Gasteiger partial charge in [0.15, 0.2) is 5.69 Å². The van der Waals surface area contributed by atoms with Crippen molar-refractivity contribution in [3.8, 4) is 5.75 Å². The zero-order valence-corrected chi connectivity index (χ0v) is 9.38. The van der Waals surface area contributed by atoms with Crippen LogP contribution >= 0.6 is 0 Å². The second-order valence-electron chi connectivity index (χ2n) is 3.52. The standard InChI is InChI=1S/C12H9NO5/c1-18-9-4-2-3-8-6(9)5-7(11(14)15)10(13-8)12(16)17/h2-5H,1H3,(H,14,15)(H,16,17). The van der Waals surface area contributed by atoms with Crippen LogP contribution in [-0.2, 0) is 0 Å². The Hall–Kier alpha value is -2.63. The number of hydrogen-bond donors (Lipinski definition) is 2. The summed E-state index contributed by atoms with van der Waals surface area (Å²) in [7, 11) is 1.44. The molecule has 0 aliphatic heterocycles. The molecule has 1 heterocycles. The molecular weight excluding hydrogens is 238 g/mol. The van der Waals surface area contributed by atoms with Crippen molar-refractivity contribution in [1.29, 1.82) is 0 Å². The fourth-order valence-electron chi connectivity index (χ4n) is 1.67. The predicted molar refractivity (Wildman–Crippen MR) is 62.2 cm³/mol. The van der Waals surface area contributed by atoms with Gasteiger partial charge in [-0.3, -0.25) is 0 Å². The number of carboxylic acids is 2. The van der Waals surface area contributed by atoms with Gasteiger partial charge in [0.1, 0.15) is 5.75 Å². The minimum atomic E-state index is -1.38. The monoisotopic (exact) mass is 247 g/mol. The minimum absolute atomic E-state index is 0.362. The van der Waals surface area contributed by atoms with Crippen molar-refractivity contribution in [1.82, 2.24) is 4.98 Å². The predicted octanol–water partition coefficient (Wildman–Crippen LogP) is 1.64. The van der Waals surface area contributed by atoms with Gasteiger partial charge in [0.25, 0.3) is 0 Å². The highest BCUT2D eigenvalue weighted by molar-refractivity contribution is 6.04. The molecule has 2 N–H and O–H groups in total. The first kappa shape index (κ1) is 11.8. The number of benzene rings is 1. The zero-order chi connectivity index (χ0) is 13.3. The molecule has 2 aromatic rings. The molecule has 0 radical (unpaired) electrons. The maximum atomic E-state index is 11.0. The second kappa shape index (κ2) is 4.33. The van der Waals surface area contributed by atoms with Crippen LogP contribution < -0.4 is 4.74 Å². The number of aromatic nitrogens is 1. The van der Waals surface area contributed by atoms with Gasteiger partial charge in [-0.2, -0.15) is 0 Å². The highest BCUT2D eigenvalue weighted by atomic mass is 16.5.